The number of esters is 1. The minimum atomic E-state index is -0.574. The molecule has 0 fully saturated rings. The predicted molar refractivity (Wildman–Crippen MR) is 114 cm³/mol. The normalized spacial score (nSPS) is 10.8. The quantitative estimate of drug-likeness (QED) is 0.338. The Kier molecular flexibility index (Phi) is 6.05. The van der Waals surface area contributed by atoms with E-state index in [9.17, 15) is 9.59 Å². The largest absolute Gasteiger partial charge is 0.452 e. The van der Waals surface area contributed by atoms with E-state index in [1.807, 2.05) is 31.2 Å². The molecule has 0 aliphatic carbocycles. The van der Waals surface area contributed by atoms with Crippen LogP contribution in [0.2, 0.25) is 0 Å². The van der Waals surface area contributed by atoms with E-state index in [0.717, 1.165) is 22.3 Å². The topological polar surface area (TPSA) is 107 Å². The van der Waals surface area contributed by atoms with Gasteiger partial charge in [0.15, 0.2) is 6.61 Å². The number of hydrogen-bond acceptors (Lipinski definition) is 9. The van der Waals surface area contributed by atoms with Crippen LogP contribution in [0.25, 0.3) is 11.0 Å². The molecule has 1 N–H and O–H groups in total. The summed E-state index contributed by atoms with van der Waals surface area (Å²) in [6.45, 7) is 1.44. The Morgan fingerprint density at radius 2 is 2.03 bits per heavy atom. The summed E-state index contributed by atoms with van der Waals surface area (Å²) in [7, 11) is 0. The highest BCUT2D eigenvalue weighted by molar-refractivity contribution is 7.98. The molecule has 2 aromatic heterocycles. The summed E-state index contributed by atoms with van der Waals surface area (Å²) in [5, 5.41) is 6.56. The highest BCUT2D eigenvalue weighted by Crippen LogP contribution is 2.27. The molecule has 2 aromatic carbocycles. The molecule has 0 radical (unpaired) electrons. The zero-order valence-electron chi connectivity index (χ0n) is 15.8. The number of rotatable bonds is 7. The van der Waals surface area contributed by atoms with Crippen molar-refractivity contribution in [1.29, 1.82) is 0 Å². The molecule has 152 valence electrons. The summed E-state index contributed by atoms with van der Waals surface area (Å²) in [6.07, 6.45) is 0. The molecule has 0 aliphatic heterocycles. The fourth-order valence-corrected chi connectivity index (χ4v) is 4.16. The number of anilines is 1. The zero-order valence-corrected chi connectivity index (χ0v) is 17.5. The number of aryl methyl sites for hydroxylation is 1. The Bertz CT molecular complexity index is 1200. The van der Waals surface area contributed by atoms with Crippen LogP contribution in [0.15, 0.2) is 57.9 Å². The van der Waals surface area contributed by atoms with Crippen LogP contribution in [0.1, 0.15) is 21.8 Å². The highest BCUT2D eigenvalue weighted by atomic mass is 32.2. The van der Waals surface area contributed by atoms with E-state index in [1.54, 1.807) is 24.3 Å². The fourth-order valence-electron chi connectivity index (χ4n) is 2.70. The molecule has 0 saturated heterocycles. The number of fused-ring (bicyclic) bond motifs is 1. The summed E-state index contributed by atoms with van der Waals surface area (Å²) in [5.74, 6) is 0.213. The Morgan fingerprint density at radius 1 is 1.17 bits per heavy atom. The van der Waals surface area contributed by atoms with Crippen molar-refractivity contribution < 1.29 is 18.8 Å². The van der Waals surface area contributed by atoms with E-state index in [2.05, 4.69) is 19.2 Å². The summed E-state index contributed by atoms with van der Waals surface area (Å²) in [5.41, 5.74) is 3.01. The van der Waals surface area contributed by atoms with Crippen LogP contribution in [0.4, 0.5) is 5.69 Å². The van der Waals surface area contributed by atoms with Crippen molar-refractivity contribution in [2.24, 2.45) is 0 Å². The van der Waals surface area contributed by atoms with Crippen molar-refractivity contribution in [3.8, 4) is 0 Å². The first-order valence-electron chi connectivity index (χ1n) is 8.92. The van der Waals surface area contributed by atoms with Gasteiger partial charge >= 0.3 is 5.97 Å². The number of aromatic nitrogens is 3. The lowest BCUT2D eigenvalue weighted by Crippen LogP contribution is -2.21. The Balaban J connectivity index is 1.37. The lowest BCUT2D eigenvalue weighted by molar-refractivity contribution is -0.119. The first-order valence-corrected chi connectivity index (χ1v) is 10.6. The summed E-state index contributed by atoms with van der Waals surface area (Å²) >= 11 is 2.50. The van der Waals surface area contributed by atoms with Crippen molar-refractivity contribution in [2.75, 3.05) is 11.9 Å². The Hall–Kier alpha value is -3.24. The number of nitrogens with zero attached hydrogens (tertiary/aromatic N) is 3. The van der Waals surface area contributed by atoms with Gasteiger partial charge in [-0.05, 0) is 31.2 Å². The van der Waals surface area contributed by atoms with Gasteiger partial charge < -0.3 is 14.6 Å². The average Bonchev–Trinajstić information content (AvgIpc) is 3.40. The molecule has 4 aromatic rings. The van der Waals surface area contributed by atoms with E-state index in [4.69, 9.17) is 9.26 Å². The number of ether oxygens (including phenoxy) is 1. The van der Waals surface area contributed by atoms with Gasteiger partial charge in [-0.25, -0.2) is 4.79 Å². The second-order valence-electron chi connectivity index (χ2n) is 6.28. The minimum Gasteiger partial charge on any atom is -0.452 e. The van der Waals surface area contributed by atoms with E-state index >= 15 is 0 Å². The average molecular weight is 441 g/mol. The molecule has 10 heteroatoms. The molecular weight excluding hydrogens is 424 g/mol. The van der Waals surface area contributed by atoms with E-state index < -0.39 is 18.5 Å². The molecule has 1 amide bonds. The smallest absolute Gasteiger partial charge is 0.339 e. The fraction of sp³-hybridized carbons (Fsp3) is 0.150. The standard InChI is InChI=1S/C20H16N4O4S2/c1-12-9-13(28-22-12)11-29-17-8-3-2-5-14(17)20(26)27-10-18(25)21-15-6-4-7-16-19(15)24-30-23-16/h2-9H,10-11H2,1H3,(H,21,25). The molecule has 4 rings (SSSR count). The Labute approximate surface area is 179 Å². The van der Waals surface area contributed by atoms with E-state index in [0.29, 0.717) is 33.8 Å². The van der Waals surface area contributed by atoms with E-state index in [-0.39, 0.29) is 0 Å². The predicted octanol–water partition coefficient (Wildman–Crippen LogP) is 4.08. The number of hydrogen-bond donors (Lipinski definition) is 1. The first-order chi connectivity index (χ1) is 14.6. The maximum Gasteiger partial charge on any atom is 0.339 e. The van der Waals surface area contributed by atoms with Crippen molar-refractivity contribution in [3.05, 3.63) is 65.5 Å². The lowest BCUT2D eigenvalue weighted by atomic mass is 10.2. The maximum atomic E-state index is 12.5. The van der Waals surface area contributed by atoms with Crippen molar-refractivity contribution in [1.82, 2.24) is 13.9 Å². The SMILES string of the molecule is Cc1cc(CSc2ccccc2C(=O)OCC(=O)Nc2cccc3nsnc23)on1. The third-order valence-corrected chi connectivity index (χ3v) is 5.69. The van der Waals surface area contributed by atoms with Crippen molar-refractivity contribution >= 4 is 52.1 Å². The molecule has 0 bridgehead atoms. The third-order valence-electron chi connectivity index (χ3n) is 4.05. The molecule has 0 unspecified atom stereocenters. The summed E-state index contributed by atoms with van der Waals surface area (Å²) in [6, 6.07) is 14.2. The third kappa shape index (κ3) is 4.66. The molecule has 0 atom stereocenters. The second kappa shape index (κ2) is 9.06. The molecule has 0 saturated carbocycles. The van der Waals surface area contributed by atoms with Crippen LogP contribution < -0.4 is 5.32 Å². The monoisotopic (exact) mass is 440 g/mol. The van der Waals surface area contributed by atoms with Gasteiger partial charge in [0.05, 0.1) is 34.4 Å². The van der Waals surface area contributed by atoms with Gasteiger partial charge in [0.25, 0.3) is 5.91 Å². The molecule has 8 nitrogen and oxygen atoms in total. The van der Waals surface area contributed by atoms with Gasteiger partial charge in [0.2, 0.25) is 0 Å². The van der Waals surface area contributed by atoms with Crippen LogP contribution in [0.3, 0.4) is 0 Å². The molecule has 30 heavy (non-hydrogen) atoms. The number of benzene rings is 2. The molecule has 2 heterocycles. The maximum absolute atomic E-state index is 12.5. The van der Waals surface area contributed by atoms with Crippen LogP contribution in [-0.4, -0.2) is 32.4 Å². The number of nitrogens with one attached hydrogen (secondary N) is 1. The van der Waals surface area contributed by atoms with Gasteiger partial charge in [0.1, 0.15) is 16.8 Å². The van der Waals surface area contributed by atoms with Crippen molar-refractivity contribution in [3.63, 3.8) is 0 Å². The zero-order chi connectivity index (χ0) is 20.9. The summed E-state index contributed by atoms with van der Waals surface area (Å²) < 4.78 is 18.7. The van der Waals surface area contributed by atoms with Crippen LogP contribution in [0, 0.1) is 6.92 Å². The van der Waals surface area contributed by atoms with Gasteiger partial charge in [-0.3, -0.25) is 4.79 Å². The van der Waals surface area contributed by atoms with E-state index in [1.165, 1.54) is 11.8 Å². The molecular formula is C20H16N4O4S2. The van der Waals surface area contributed by atoms with Crippen LogP contribution in [0.5, 0.6) is 0 Å². The van der Waals surface area contributed by atoms with Crippen LogP contribution >= 0.6 is 23.5 Å². The minimum absolute atomic E-state index is 0.386. The van der Waals surface area contributed by atoms with Crippen molar-refractivity contribution in [2.45, 2.75) is 17.6 Å². The number of thioether (sulfide) groups is 1. The number of amides is 1. The highest BCUT2D eigenvalue weighted by Gasteiger charge is 2.16. The van der Waals surface area contributed by atoms with Gasteiger partial charge in [-0.2, -0.15) is 8.75 Å². The Morgan fingerprint density at radius 3 is 2.87 bits per heavy atom. The van der Waals surface area contributed by atoms with Crippen LogP contribution in [-0.2, 0) is 15.3 Å². The number of carbonyl (C=O) groups is 2. The first kappa shape index (κ1) is 20.0. The molecule has 0 spiro atoms. The number of carbonyl (C=O) groups excluding carboxylic acids is 2. The van der Waals surface area contributed by atoms with Gasteiger partial charge in [0, 0.05) is 11.0 Å². The lowest BCUT2D eigenvalue weighted by Gasteiger charge is -2.09. The van der Waals surface area contributed by atoms with Gasteiger partial charge in [-0.1, -0.05) is 23.4 Å². The second-order valence-corrected chi connectivity index (χ2v) is 7.83. The molecule has 0 aliphatic rings. The summed E-state index contributed by atoms with van der Waals surface area (Å²) in [4.78, 5) is 25.5. The van der Waals surface area contributed by atoms with Gasteiger partial charge in [-0.15, -0.1) is 11.8 Å².